The highest BCUT2D eigenvalue weighted by Crippen LogP contribution is 2.36. The summed E-state index contributed by atoms with van der Waals surface area (Å²) in [5, 5.41) is 1.11. The summed E-state index contributed by atoms with van der Waals surface area (Å²) in [6.07, 6.45) is 3.15. The van der Waals surface area contributed by atoms with Gasteiger partial charge in [-0.05, 0) is 43.9 Å². The minimum absolute atomic E-state index is 0.290. The molecule has 2 heteroatoms. The summed E-state index contributed by atoms with van der Waals surface area (Å²) in [7, 11) is 0. The van der Waals surface area contributed by atoms with Gasteiger partial charge in [0.2, 0.25) is 0 Å². The molecular weight excluding hydrogens is 210 g/mol. The Morgan fingerprint density at radius 2 is 2.18 bits per heavy atom. The number of hydrogen-bond acceptors (Lipinski definition) is 1. The summed E-state index contributed by atoms with van der Waals surface area (Å²) in [6, 6.07) is 6.38. The van der Waals surface area contributed by atoms with Crippen LogP contribution in [0.1, 0.15) is 41.4 Å². The zero-order valence-corrected chi connectivity index (χ0v) is 10.3. The molecule has 3 rings (SSSR count). The molecule has 2 aromatic rings. The average molecular weight is 227 g/mol. The van der Waals surface area contributed by atoms with Crippen molar-refractivity contribution in [2.45, 2.75) is 33.1 Å². The summed E-state index contributed by atoms with van der Waals surface area (Å²) in [5.74, 6) is 0.625. The Labute approximate surface area is 101 Å². The summed E-state index contributed by atoms with van der Waals surface area (Å²) < 4.78 is 0. The molecule has 0 bridgehead atoms. The monoisotopic (exact) mass is 227 g/mol. The fourth-order valence-corrected chi connectivity index (χ4v) is 2.46. The number of ketones is 1. The van der Waals surface area contributed by atoms with Gasteiger partial charge in [0, 0.05) is 28.1 Å². The van der Waals surface area contributed by atoms with Crippen molar-refractivity contribution in [2.24, 2.45) is 5.92 Å². The standard InChI is InChI=1S/C15H17NO/c1-3-10-4-7-13-12(8-10)14(9(2)16-13)15(17)11-5-6-11/h4,7-8,11,16H,3,5-6H2,1-2H3. The van der Waals surface area contributed by atoms with Gasteiger partial charge in [0.25, 0.3) is 0 Å². The Morgan fingerprint density at radius 3 is 2.82 bits per heavy atom. The Hall–Kier alpha value is -1.57. The molecule has 0 amide bonds. The van der Waals surface area contributed by atoms with Crippen LogP contribution in [0.25, 0.3) is 10.9 Å². The second kappa shape index (κ2) is 3.73. The summed E-state index contributed by atoms with van der Waals surface area (Å²) in [5.41, 5.74) is 4.33. The van der Waals surface area contributed by atoms with Crippen LogP contribution in [0.3, 0.4) is 0 Å². The number of H-pyrrole nitrogens is 1. The van der Waals surface area contributed by atoms with E-state index in [1.807, 2.05) is 6.92 Å². The predicted octanol–water partition coefficient (Wildman–Crippen LogP) is 3.63. The maximum absolute atomic E-state index is 12.3. The SMILES string of the molecule is CCc1ccc2[nH]c(C)c(C(=O)C3CC3)c2c1. The number of Topliss-reactive ketones (excluding diaryl/α,β-unsaturated/α-hetero) is 1. The van der Waals surface area contributed by atoms with Crippen LogP contribution < -0.4 is 0 Å². The molecule has 0 unspecified atom stereocenters. The Morgan fingerprint density at radius 1 is 1.41 bits per heavy atom. The summed E-state index contributed by atoms with van der Waals surface area (Å²) >= 11 is 0. The second-order valence-electron chi connectivity index (χ2n) is 5.00. The van der Waals surface area contributed by atoms with Gasteiger partial charge in [-0.2, -0.15) is 0 Å². The average Bonchev–Trinajstić information content (AvgIpc) is 3.11. The highest BCUT2D eigenvalue weighted by molar-refractivity contribution is 6.11. The van der Waals surface area contributed by atoms with E-state index in [2.05, 4.69) is 30.1 Å². The van der Waals surface area contributed by atoms with E-state index in [-0.39, 0.29) is 5.92 Å². The van der Waals surface area contributed by atoms with Crippen molar-refractivity contribution in [1.82, 2.24) is 4.98 Å². The highest BCUT2D eigenvalue weighted by atomic mass is 16.1. The van der Waals surface area contributed by atoms with E-state index in [1.54, 1.807) is 0 Å². The lowest BCUT2D eigenvalue weighted by Gasteiger charge is -2.00. The Balaban J connectivity index is 2.20. The quantitative estimate of drug-likeness (QED) is 0.798. The molecule has 0 radical (unpaired) electrons. The number of carbonyl (C=O) groups is 1. The van der Waals surface area contributed by atoms with Gasteiger partial charge in [0.05, 0.1) is 0 Å². The fourth-order valence-electron chi connectivity index (χ4n) is 2.46. The third kappa shape index (κ3) is 1.68. The van der Waals surface area contributed by atoms with Gasteiger partial charge in [-0.3, -0.25) is 4.79 Å². The number of aromatic amines is 1. The molecule has 88 valence electrons. The first-order chi connectivity index (χ1) is 8.20. The molecule has 2 nitrogen and oxygen atoms in total. The van der Waals surface area contributed by atoms with Crippen molar-refractivity contribution in [2.75, 3.05) is 0 Å². The van der Waals surface area contributed by atoms with Crippen LogP contribution in [0, 0.1) is 12.8 Å². The van der Waals surface area contributed by atoms with Gasteiger partial charge in [-0.25, -0.2) is 0 Å². The number of benzene rings is 1. The van der Waals surface area contributed by atoms with Crippen LogP contribution in [0.4, 0.5) is 0 Å². The molecule has 17 heavy (non-hydrogen) atoms. The van der Waals surface area contributed by atoms with E-state index in [9.17, 15) is 4.79 Å². The maximum atomic E-state index is 12.3. The van der Waals surface area contributed by atoms with Gasteiger partial charge in [0.15, 0.2) is 5.78 Å². The van der Waals surface area contributed by atoms with Crippen LogP contribution in [-0.2, 0) is 6.42 Å². The molecule has 0 atom stereocenters. The first-order valence-electron chi connectivity index (χ1n) is 6.36. The molecule has 1 heterocycles. The lowest BCUT2D eigenvalue weighted by atomic mass is 10.0. The predicted molar refractivity (Wildman–Crippen MR) is 69.5 cm³/mol. The number of fused-ring (bicyclic) bond motifs is 1. The molecular formula is C15H17NO. The van der Waals surface area contributed by atoms with Gasteiger partial charge >= 0.3 is 0 Å². The van der Waals surface area contributed by atoms with Crippen LogP contribution >= 0.6 is 0 Å². The van der Waals surface area contributed by atoms with E-state index >= 15 is 0 Å². The first-order valence-corrected chi connectivity index (χ1v) is 6.36. The molecule has 0 saturated heterocycles. The van der Waals surface area contributed by atoms with Gasteiger partial charge < -0.3 is 4.98 Å². The van der Waals surface area contributed by atoms with Crippen molar-refractivity contribution in [3.05, 3.63) is 35.0 Å². The topological polar surface area (TPSA) is 32.9 Å². The number of aryl methyl sites for hydroxylation is 2. The van der Waals surface area contributed by atoms with E-state index in [4.69, 9.17) is 0 Å². The minimum Gasteiger partial charge on any atom is -0.358 e. The van der Waals surface area contributed by atoms with Gasteiger partial charge in [0.1, 0.15) is 0 Å². The Kier molecular flexibility index (Phi) is 2.32. The number of nitrogens with one attached hydrogen (secondary N) is 1. The van der Waals surface area contributed by atoms with Crippen LogP contribution in [0.2, 0.25) is 0 Å². The number of carbonyl (C=O) groups excluding carboxylic acids is 1. The molecule has 0 aliphatic heterocycles. The lowest BCUT2D eigenvalue weighted by Crippen LogP contribution is -2.02. The molecule has 1 aliphatic rings. The molecule has 0 spiro atoms. The van der Waals surface area contributed by atoms with Crippen LogP contribution in [-0.4, -0.2) is 10.8 Å². The minimum atomic E-state index is 0.290. The van der Waals surface area contributed by atoms with Gasteiger partial charge in [-0.15, -0.1) is 0 Å². The van der Waals surface area contributed by atoms with Crippen molar-refractivity contribution in [1.29, 1.82) is 0 Å². The third-order valence-corrected chi connectivity index (χ3v) is 3.65. The molecule has 1 aliphatic carbocycles. The van der Waals surface area contributed by atoms with Crippen molar-refractivity contribution in [3.63, 3.8) is 0 Å². The molecule has 1 saturated carbocycles. The normalized spacial score (nSPS) is 15.4. The largest absolute Gasteiger partial charge is 0.358 e. The van der Waals surface area contributed by atoms with Crippen molar-refractivity contribution >= 4 is 16.7 Å². The Bertz CT molecular complexity index is 590. The zero-order valence-electron chi connectivity index (χ0n) is 10.3. The van der Waals surface area contributed by atoms with E-state index in [0.717, 1.165) is 41.4 Å². The first kappa shape index (κ1) is 10.6. The summed E-state index contributed by atoms with van der Waals surface area (Å²) in [4.78, 5) is 15.6. The molecule has 1 aromatic heterocycles. The fraction of sp³-hybridized carbons (Fsp3) is 0.400. The van der Waals surface area contributed by atoms with Crippen molar-refractivity contribution in [3.8, 4) is 0 Å². The smallest absolute Gasteiger partial charge is 0.168 e. The van der Waals surface area contributed by atoms with Gasteiger partial charge in [-0.1, -0.05) is 13.0 Å². The van der Waals surface area contributed by atoms with Crippen LogP contribution in [0.5, 0.6) is 0 Å². The van der Waals surface area contributed by atoms with Crippen molar-refractivity contribution < 1.29 is 4.79 Å². The third-order valence-electron chi connectivity index (χ3n) is 3.65. The van der Waals surface area contributed by atoms with Crippen LogP contribution in [0.15, 0.2) is 18.2 Å². The number of aromatic nitrogens is 1. The number of rotatable bonds is 3. The van der Waals surface area contributed by atoms with E-state index in [0.29, 0.717) is 5.78 Å². The second-order valence-corrected chi connectivity index (χ2v) is 5.00. The highest BCUT2D eigenvalue weighted by Gasteiger charge is 2.32. The lowest BCUT2D eigenvalue weighted by molar-refractivity contribution is 0.0968. The summed E-state index contributed by atoms with van der Waals surface area (Å²) in [6.45, 7) is 4.14. The molecule has 1 N–H and O–H groups in total. The zero-order chi connectivity index (χ0) is 12.0. The molecule has 1 aromatic carbocycles. The number of hydrogen-bond donors (Lipinski definition) is 1. The molecule has 1 fully saturated rings. The van der Waals surface area contributed by atoms with E-state index < -0.39 is 0 Å². The van der Waals surface area contributed by atoms with E-state index in [1.165, 1.54) is 5.56 Å². The maximum Gasteiger partial charge on any atom is 0.168 e.